The van der Waals surface area contributed by atoms with Gasteiger partial charge in [-0.1, -0.05) is 13.8 Å². The molecule has 0 unspecified atom stereocenters. The van der Waals surface area contributed by atoms with Crippen LogP contribution in [0.25, 0.3) is 0 Å². The number of methoxy groups -OCH3 is 1. The fourth-order valence-corrected chi connectivity index (χ4v) is 1.97. The molecule has 0 aromatic heterocycles. The molecule has 1 saturated heterocycles. The zero-order chi connectivity index (χ0) is 13.4. The first-order valence-electron chi connectivity index (χ1n) is 6.87. The van der Waals surface area contributed by atoms with Crippen molar-refractivity contribution in [3.8, 4) is 0 Å². The number of carbonyl (C=O) groups excluding carboxylic acids is 1. The summed E-state index contributed by atoms with van der Waals surface area (Å²) < 4.78 is 5.06. The summed E-state index contributed by atoms with van der Waals surface area (Å²) in [6.45, 7) is 10.4. The minimum Gasteiger partial charge on any atom is -0.383 e. The van der Waals surface area contributed by atoms with Crippen molar-refractivity contribution < 1.29 is 9.53 Å². The maximum absolute atomic E-state index is 11.9. The lowest BCUT2D eigenvalue weighted by molar-refractivity contribution is 0.106. The van der Waals surface area contributed by atoms with Gasteiger partial charge in [-0.3, -0.25) is 4.90 Å². The lowest BCUT2D eigenvalue weighted by Gasteiger charge is -2.34. The van der Waals surface area contributed by atoms with Crippen molar-refractivity contribution in [1.29, 1.82) is 0 Å². The van der Waals surface area contributed by atoms with E-state index in [9.17, 15) is 4.79 Å². The highest BCUT2D eigenvalue weighted by molar-refractivity contribution is 5.74. The van der Waals surface area contributed by atoms with Crippen LogP contribution in [0, 0.1) is 5.92 Å². The monoisotopic (exact) mass is 257 g/mol. The Balaban J connectivity index is 2.15. The topological polar surface area (TPSA) is 44.8 Å². The Morgan fingerprint density at radius 1 is 1.28 bits per heavy atom. The lowest BCUT2D eigenvalue weighted by Crippen LogP contribution is -2.52. The molecule has 0 aromatic rings. The van der Waals surface area contributed by atoms with E-state index in [1.54, 1.807) is 7.11 Å². The van der Waals surface area contributed by atoms with Crippen molar-refractivity contribution in [3.63, 3.8) is 0 Å². The molecule has 0 aliphatic carbocycles. The summed E-state index contributed by atoms with van der Waals surface area (Å²) >= 11 is 0. The van der Waals surface area contributed by atoms with E-state index in [0.29, 0.717) is 5.92 Å². The summed E-state index contributed by atoms with van der Waals surface area (Å²) in [7, 11) is 1.72. The van der Waals surface area contributed by atoms with E-state index >= 15 is 0 Å². The van der Waals surface area contributed by atoms with Crippen LogP contribution in [0.5, 0.6) is 0 Å². The molecule has 1 heterocycles. The molecule has 5 heteroatoms. The largest absolute Gasteiger partial charge is 0.383 e. The lowest BCUT2D eigenvalue weighted by atomic mass is 10.1. The standard InChI is InChI=1S/C13H27N3O2/c1-12(2)4-5-14-13(17)16-8-6-15(7-9-16)10-11-18-3/h12H,4-11H2,1-3H3,(H,14,17). The fourth-order valence-electron chi connectivity index (χ4n) is 1.97. The van der Waals surface area contributed by atoms with E-state index in [0.717, 1.165) is 52.3 Å². The van der Waals surface area contributed by atoms with Gasteiger partial charge in [0.25, 0.3) is 0 Å². The third kappa shape index (κ3) is 5.69. The Hall–Kier alpha value is -0.810. The second-order valence-corrected chi connectivity index (χ2v) is 5.24. The minimum atomic E-state index is 0.0852. The molecule has 0 spiro atoms. The van der Waals surface area contributed by atoms with Gasteiger partial charge in [-0.05, 0) is 12.3 Å². The highest BCUT2D eigenvalue weighted by Gasteiger charge is 2.20. The highest BCUT2D eigenvalue weighted by Crippen LogP contribution is 2.02. The number of amides is 2. The fraction of sp³-hybridized carbons (Fsp3) is 0.923. The molecular weight excluding hydrogens is 230 g/mol. The predicted octanol–water partition coefficient (Wildman–Crippen LogP) is 1.01. The Bertz CT molecular complexity index is 238. The summed E-state index contributed by atoms with van der Waals surface area (Å²) in [5.74, 6) is 0.635. The van der Waals surface area contributed by atoms with E-state index in [4.69, 9.17) is 4.74 Å². The van der Waals surface area contributed by atoms with Gasteiger partial charge < -0.3 is 15.0 Å². The number of nitrogens with zero attached hydrogens (tertiary/aromatic N) is 2. The quantitative estimate of drug-likeness (QED) is 0.772. The first-order valence-corrected chi connectivity index (χ1v) is 6.87. The second-order valence-electron chi connectivity index (χ2n) is 5.24. The van der Waals surface area contributed by atoms with Crippen molar-refractivity contribution in [3.05, 3.63) is 0 Å². The van der Waals surface area contributed by atoms with Gasteiger partial charge >= 0.3 is 6.03 Å². The summed E-state index contributed by atoms with van der Waals surface area (Å²) in [5, 5.41) is 2.99. The molecule has 0 aromatic carbocycles. The van der Waals surface area contributed by atoms with Gasteiger partial charge in [0.2, 0.25) is 0 Å². The van der Waals surface area contributed by atoms with Crippen molar-refractivity contribution >= 4 is 6.03 Å². The van der Waals surface area contributed by atoms with E-state index < -0.39 is 0 Å². The minimum absolute atomic E-state index is 0.0852. The van der Waals surface area contributed by atoms with Gasteiger partial charge in [0.1, 0.15) is 0 Å². The molecule has 106 valence electrons. The van der Waals surface area contributed by atoms with Crippen LogP contribution in [-0.4, -0.2) is 68.8 Å². The van der Waals surface area contributed by atoms with Crippen molar-refractivity contribution in [2.45, 2.75) is 20.3 Å². The van der Waals surface area contributed by atoms with Crippen LogP contribution >= 0.6 is 0 Å². The summed E-state index contributed by atoms with van der Waals surface area (Å²) in [6, 6.07) is 0.0852. The second kappa shape index (κ2) is 8.32. The van der Waals surface area contributed by atoms with Gasteiger partial charge in [0, 0.05) is 46.4 Å². The van der Waals surface area contributed by atoms with Gasteiger partial charge in [-0.15, -0.1) is 0 Å². The van der Waals surface area contributed by atoms with Crippen molar-refractivity contribution in [2.24, 2.45) is 5.92 Å². The van der Waals surface area contributed by atoms with Crippen LogP contribution in [0.2, 0.25) is 0 Å². The molecule has 0 saturated carbocycles. The predicted molar refractivity (Wildman–Crippen MR) is 72.7 cm³/mol. The third-order valence-electron chi connectivity index (χ3n) is 3.27. The van der Waals surface area contributed by atoms with E-state index in [2.05, 4.69) is 24.1 Å². The Kier molecular flexibility index (Phi) is 7.05. The van der Waals surface area contributed by atoms with Gasteiger partial charge in [-0.2, -0.15) is 0 Å². The average Bonchev–Trinajstić information content (AvgIpc) is 2.36. The third-order valence-corrected chi connectivity index (χ3v) is 3.27. The first kappa shape index (κ1) is 15.2. The Morgan fingerprint density at radius 2 is 1.94 bits per heavy atom. The Labute approximate surface area is 110 Å². The highest BCUT2D eigenvalue weighted by atomic mass is 16.5. The summed E-state index contributed by atoms with van der Waals surface area (Å²) in [5.41, 5.74) is 0. The van der Waals surface area contributed by atoms with E-state index in [1.165, 1.54) is 0 Å². The summed E-state index contributed by atoms with van der Waals surface area (Å²) in [6.07, 6.45) is 1.04. The maximum Gasteiger partial charge on any atom is 0.317 e. The number of urea groups is 1. The molecule has 2 amide bonds. The van der Waals surface area contributed by atoms with Gasteiger partial charge in [0.05, 0.1) is 6.61 Å². The van der Waals surface area contributed by atoms with Crippen LogP contribution in [-0.2, 0) is 4.74 Å². The zero-order valence-electron chi connectivity index (χ0n) is 11.9. The van der Waals surface area contributed by atoms with Gasteiger partial charge in [0.15, 0.2) is 0 Å². The van der Waals surface area contributed by atoms with Crippen molar-refractivity contribution in [1.82, 2.24) is 15.1 Å². The Morgan fingerprint density at radius 3 is 2.50 bits per heavy atom. The smallest absolute Gasteiger partial charge is 0.317 e. The number of hydrogen-bond donors (Lipinski definition) is 1. The number of ether oxygens (including phenoxy) is 1. The molecule has 1 aliphatic rings. The van der Waals surface area contributed by atoms with Crippen LogP contribution in [0.15, 0.2) is 0 Å². The SMILES string of the molecule is COCCN1CCN(C(=O)NCCC(C)C)CC1. The average molecular weight is 257 g/mol. The van der Waals surface area contributed by atoms with Gasteiger partial charge in [-0.25, -0.2) is 4.79 Å². The molecule has 0 bridgehead atoms. The van der Waals surface area contributed by atoms with Crippen molar-refractivity contribution in [2.75, 3.05) is 53.0 Å². The molecule has 1 rings (SSSR count). The van der Waals surface area contributed by atoms with Crippen LogP contribution in [0.3, 0.4) is 0 Å². The number of piperazine rings is 1. The summed E-state index contributed by atoms with van der Waals surface area (Å²) in [4.78, 5) is 16.1. The first-order chi connectivity index (χ1) is 8.63. The molecule has 0 atom stereocenters. The van der Waals surface area contributed by atoms with E-state index in [-0.39, 0.29) is 6.03 Å². The zero-order valence-corrected chi connectivity index (χ0v) is 11.9. The van der Waals surface area contributed by atoms with Crippen LogP contribution in [0.4, 0.5) is 4.79 Å². The molecule has 18 heavy (non-hydrogen) atoms. The normalized spacial score (nSPS) is 17.2. The molecule has 0 radical (unpaired) electrons. The molecular formula is C13H27N3O2. The van der Waals surface area contributed by atoms with Crippen LogP contribution < -0.4 is 5.32 Å². The number of carbonyl (C=O) groups is 1. The maximum atomic E-state index is 11.9. The molecule has 1 fully saturated rings. The van der Waals surface area contributed by atoms with Crippen LogP contribution in [0.1, 0.15) is 20.3 Å². The molecule has 5 nitrogen and oxygen atoms in total. The van der Waals surface area contributed by atoms with E-state index in [1.807, 2.05) is 4.90 Å². The molecule has 1 aliphatic heterocycles. The number of hydrogen-bond acceptors (Lipinski definition) is 3. The molecule has 1 N–H and O–H groups in total. The number of nitrogens with one attached hydrogen (secondary N) is 1. The number of rotatable bonds is 6.